The molecule has 0 heterocycles. The van der Waals surface area contributed by atoms with Crippen LogP contribution in [0.15, 0.2) is 5.28 Å². The fourth-order valence-electron chi connectivity index (χ4n) is 1.22. The van der Waals surface area contributed by atoms with Gasteiger partial charge in [0.15, 0.2) is 0 Å². The second-order valence-electron chi connectivity index (χ2n) is 5.89. The molecular weight excluding hydrogens is 294 g/mol. The monoisotopic (exact) mass is 319 g/mol. The van der Waals surface area contributed by atoms with Crippen LogP contribution in [0.2, 0.25) is 0 Å². The Bertz CT molecular complexity index is 405. The lowest BCUT2D eigenvalue weighted by atomic mass is 9.97. The predicted octanol–water partition coefficient (Wildman–Crippen LogP) is 1.92. The molecule has 0 amide bonds. The van der Waals surface area contributed by atoms with E-state index in [4.69, 9.17) is 14.7 Å². The van der Waals surface area contributed by atoms with Crippen LogP contribution in [0, 0.1) is 10.6 Å². The van der Waals surface area contributed by atoms with Crippen molar-refractivity contribution in [1.29, 1.82) is 0 Å². The summed E-state index contributed by atoms with van der Waals surface area (Å²) >= 11 is 0. The van der Waals surface area contributed by atoms with Gasteiger partial charge in [-0.15, -0.1) is 5.01 Å². The Balaban J connectivity index is 4.14. The summed E-state index contributed by atoms with van der Waals surface area (Å²) in [5.74, 6) is -1.33. The first kappa shape index (κ1) is 19.9. The van der Waals surface area contributed by atoms with Crippen molar-refractivity contribution in [3.63, 3.8) is 0 Å². The molecule has 0 radical (unpaired) electrons. The molecule has 22 heavy (non-hydrogen) atoms. The summed E-state index contributed by atoms with van der Waals surface area (Å²) in [5.41, 5.74) is -0.671. The summed E-state index contributed by atoms with van der Waals surface area (Å²) in [6.45, 7) is 6.88. The van der Waals surface area contributed by atoms with Crippen molar-refractivity contribution in [3.05, 3.63) is 5.21 Å². The molecule has 0 aromatic carbocycles. The van der Waals surface area contributed by atoms with E-state index >= 15 is 0 Å². The third-order valence-corrected chi connectivity index (χ3v) is 2.57. The number of esters is 1. The highest BCUT2D eigenvalue weighted by molar-refractivity contribution is 5.75. The van der Waals surface area contributed by atoms with Crippen LogP contribution in [-0.4, -0.2) is 46.9 Å². The molecule has 0 aromatic heterocycles. The number of carboxylic acids is 1. The van der Waals surface area contributed by atoms with E-state index in [9.17, 15) is 14.8 Å². The van der Waals surface area contributed by atoms with E-state index in [1.807, 2.05) is 0 Å². The lowest BCUT2D eigenvalue weighted by Gasteiger charge is -2.19. The number of carbonyl (C=O) groups is 2. The number of aliphatic carboxylic acids is 1. The van der Waals surface area contributed by atoms with Crippen LogP contribution in [0.25, 0.3) is 0 Å². The molecule has 0 aliphatic carbocycles. The lowest BCUT2D eigenvalue weighted by molar-refractivity contribution is -0.707. The minimum atomic E-state index is -0.983. The van der Waals surface area contributed by atoms with Crippen LogP contribution < -0.4 is 0 Å². The highest BCUT2D eigenvalue weighted by Gasteiger charge is 2.25. The van der Waals surface area contributed by atoms with Crippen molar-refractivity contribution in [3.8, 4) is 0 Å². The van der Waals surface area contributed by atoms with Crippen molar-refractivity contribution < 1.29 is 29.2 Å². The van der Waals surface area contributed by atoms with Crippen molar-refractivity contribution in [2.24, 2.45) is 10.7 Å². The zero-order chi connectivity index (χ0) is 17.3. The van der Waals surface area contributed by atoms with E-state index < -0.39 is 23.6 Å². The van der Waals surface area contributed by atoms with E-state index in [0.717, 1.165) is 0 Å². The Morgan fingerprint density at radius 3 is 2.45 bits per heavy atom. The average Bonchev–Trinajstić information content (AvgIpc) is 2.39. The molecule has 0 aromatic rings. The first-order valence-electron chi connectivity index (χ1n) is 7.02. The van der Waals surface area contributed by atoms with Crippen molar-refractivity contribution in [2.75, 3.05) is 13.6 Å². The number of carbonyl (C=O) groups excluding carboxylic acids is 1. The summed E-state index contributed by atoms with van der Waals surface area (Å²) < 4.78 is 4.97. The van der Waals surface area contributed by atoms with Gasteiger partial charge < -0.3 is 15.1 Å². The fraction of sp³-hybridized carbons (Fsp3) is 0.846. The molecule has 9 nitrogen and oxygen atoms in total. The molecule has 0 aliphatic rings. The highest BCUT2D eigenvalue weighted by Crippen LogP contribution is 2.16. The Kier molecular flexibility index (Phi) is 8.21. The van der Waals surface area contributed by atoms with Crippen LogP contribution in [0.5, 0.6) is 0 Å². The minimum Gasteiger partial charge on any atom is -0.569 e. The van der Waals surface area contributed by atoms with E-state index in [2.05, 4.69) is 5.28 Å². The number of nitrogens with zero attached hydrogens (tertiary/aromatic N) is 3. The molecular formula is C13H25N3O6. The van der Waals surface area contributed by atoms with E-state index in [1.165, 1.54) is 19.0 Å². The number of hydrogen-bond acceptors (Lipinski definition) is 6. The van der Waals surface area contributed by atoms with Gasteiger partial charge in [0.05, 0.1) is 24.0 Å². The van der Waals surface area contributed by atoms with Crippen LogP contribution in [0.3, 0.4) is 0 Å². The second-order valence-corrected chi connectivity index (χ2v) is 5.89. The van der Waals surface area contributed by atoms with Crippen molar-refractivity contribution >= 4 is 11.9 Å². The number of unbranched alkanes of at least 4 members (excludes halogenated alkanes) is 1. The van der Waals surface area contributed by atoms with E-state index in [-0.39, 0.29) is 11.4 Å². The van der Waals surface area contributed by atoms with Crippen LogP contribution in [-0.2, 0) is 19.2 Å². The van der Waals surface area contributed by atoms with Gasteiger partial charge in [0.2, 0.25) is 5.28 Å². The zero-order valence-electron chi connectivity index (χ0n) is 13.7. The molecule has 0 saturated heterocycles. The van der Waals surface area contributed by atoms with Crippen LogP contribution in [0.1, 0.15) is 47.0 Å². The maximum Gasteiger partial charge on any atom is 0.314 e. The van der Waals surface area contributed by atoms with E-state index in [0.29, 0.717) is 19.4 Å². The number of hydrazine groups is 1. The van der Waals surface area contributed by atoms with Gasteiger partial charge in [-0.1, -0.05) is 0 Å². The lowest BCUT2D eigenvalue weighted by Crippen LogP contribution is -2.30. The first-order valence-corrected chi connectivity index (χ1v) is 7.02. The van der Waals surface area contributed by atoms with Crippen molar-refractivity contribution in [1.82, 2.24) is 5.01 Å². The van der Waals surface area contributed by atoms with Gasteiger partial charge in [-0.05, 0) is 33.6 Å². The van der Waals surface area contributed by atoms with Crippen LogP contribution in [0.4, 0.5) is 0 Å². The molecule has 1 unspecified atom stereocenters. The number of rotatable bonds is 9. The maximum atomic E-state index is 11.6. The van der Waals surface area contributed by atoms with Gasteiger partial charge in [-0.3, -0.25) is 14.4 Å². The van der Waals surface area contributed by atoms with Gasteiger partial charge in [0, 0.05) is 13.3 Å². The van der Waals surface area contributed by atoms with Crippen molar-refractivity contribution in [2.45, 2.75) is 53.2 Å². The highest BCUT2D eigenvalue weighted by atomic mass is 16.8. The summed E-state index contributed by atoms with van der Waals surface area (Å²) in [6.07, 6.45) is 0.0725. The van der Waals surface area contributed by atoms with Gasteiger partial charge >= 0.3 is 11.9 Å². The Labute approximate surface area is 130 Å². The topological polar surface area (TPSA) is 114 Å². The van der Waals surface area contributed by atoms with Gasteiger partial charge in [0.25, 0.3) is 6.29 Å². The minimum absolute atomic E-state index is 0.0557. The van der Waals surface area contributed by atoms with Gasteiger partial charge in [0.1, 0.15) is 0 Å². The fourth-order valence-corrected chi connectivity index (χ4v) is 1.22. The molecule has 1 atom stereocenters. The molecule has 9 heteroatoms. The molecule has 1 N–H and O–H groups in total. The average molecular weight is 319 g/mol. The summed E-state index contributed by atoms with van der Waals surface area (Å²) in [4.78, 5) is 27.0. The molecule has 0 rings (SSSR count). The SMILES string of the molecule is CC(O/N=[N+](/[O-])N(C)CCCCC(=O)O)OC(=O)C(C)(C)C. The largest absolute Gasteiger partial charge is 0.569 e. The van der Waals surface area contributed by atoms with Gasteiger partial charge in [-0.25, -0.2) is 0 Å². The first-order chi connectivity index (χ1) is 10.0. The van der Waals surface area contributed by atoms with Gasteiger partial charge in [-0.2, -0.15) is 0 Å². The van der Waals surface area contributed by atoms with Crippen LogP contribution >= 0.6 is 0 Å². The molecule has 0 aliphatic heterocycles. The zero-order valence-corrected chi connectivity index (χ0v) is 13.7. The summed E-state index contributed by atoms with van der Waals surface area (Å²) in [5, 5.41) is 24.6. The molecule has 0 fully saturated rings. The Morgan fingerprint density at radius 1 is 1.36 bits per heavy atom. The molecule has 0 bridgehead atoms. The third kappa shape index (κ3) is 8.98. The summed E-state index contributed by atoms with van der Waals surface area (Å²) in [7, 11) is 1.49. The maximum absolute atomic E-state index is 11.6. The Hall–Kier alpha value is -2.06. The number of ether oxygens (including phenoxy) is 1. The normalized spacial score (nSPS) is 13.4. The predicted molar refractivity (Wildman–Crippen MR) is 76.3 cm³/mol. The second kappa shape index (κ2) is 9.06. The standard InChI is InChI=1S/C13H25N3O6/c1-10(21-12(19)13(2,3)4)22-14-16(20)15(5)9-7-6-8-11(17)18/h10H,6-9H2,1-5H3,(H,17,18)/b16-14+. The molecule has 128 valence electrons. The number of carboxylic acid groups (broad SMARTS) is 1. The third-order valence-electron chi connectivity index (χ3n) is 2.57. The summed E-state index contributed by atoms with van der Waals surface area (Å²) in [6, 6.07) is 0. The van der Waals surface area contributed by atoms with E-state index in [1.54, 1.807) is 20.8 Å². The quantitative estimate of drug-likeness (QED) is 0.172. The Morgan fingerprint density at radius 2 is 1.95 bits per heavy atom. The molecule has 0 spiro atoms. The smallest absolute Gasteiger partial charge is 0.314 e. The molecule has 0 saturated carbocycles. The number of hydrogen-bond donors (Lipinski definition) is 1.